The van der Waals surface area contributed by atoms with E-state index in [4.69, 9.17) is 9.15 Å². The van der Waals surface area contributed by atoms with Crippen LogP contribution in [-0.2, 0) is 16.0 Å². The van der Waals surface area contributed by atoms with Crippen LogP contribution in [0.15, 0.2) is 9.80 Å². The smallest absolute Gasteiger partial charge is 0.241 e. The van der Waals surface area contributed by atoms with Crippen molar-refractivity contribution in [2.24, 2.45) is 0 Å². The van der Waals surface area contributed by atoms with Gasteiger partial charge in [0.05, 0.1) is 30.3 Å². The lowest BCUT2D eigenvalue weighted by Crippen LogP contribution is -2.44. The van der Waals surface area contributed by atoms with Gasteiger partial charge in [-0.15, -0.1) is 21.5 Å². The molecule has 8 heteroatoms. The number of ether oxygens (including phenoxy) is 1. The second-order valence-electron chi connectivity index (χ2n) is 5.85. The third-order valence-electron chi connectivity index (χ3n) is 3.67. The summed E-state index contributed by atoms with van der Waals surface area (Å²) in [6.45, 7) is 7.34. The zero-order chi connectivity index (χ0) is 16.4. The van der Waals surface area contributed by atoms with Crippen LogP contribution in [0.4, 0.5) is 0 Å². The number of thiazole rings is 1. The quantitative estimate of drug-likeness (QED) is 0.850. The third kappa shape index (κ3) is 3.59. The van der Waals surface area contributed by atoms with Crippen LogP contribution in [0.1, 0.15) is 48.3 Å². The lowest BCUT2D eigenvalue weighted by molar-refractivity contribution is -0.140. The first-order valence-corrected chi connectivity index (χ1v) is 8.54. The van der Waals surface area contributed by atoms with Gasteiger partial charge in [0, 0.05) is 24.8 Å². The fourth-order valence-electron chi connectivity index (χ4n) is 2.48. The molecule has 0 bridgehead atoms. The Kier molecular flexibility index (Phi) is 4.72. The van der Waals surface area contributed by atoms with Crippen molar-refractivity contribution < 1.29 is 13.9 Å². The van der Waals surface area contributed by atoms with Crippen molar-refractivity contribution in [1.82, 2.24) is 20.1 Å². The van der Waals surface area contributed by atoms with E-state index in [9.17, 15) is 4.79 Å². The van der Waals surface area contributed by atoms with Gasteiger partial charge in [0.25, 0.3) is 0 Å². The zero-order valence-corrected chi connectivity index (χ0v) is 14.3. The molecule has 23 heavy (non-hydrogen) atoms. The predicted molar refractivity (Wildman–Crippen MR) is 84.2 cm³/mol. The molecule has 0 aliphatic carbocycles. The van der Waals surface area contributed by atoms with Gasteiger partial charge in [0.2, 0.25) is 17.7 Å². The summed E-state index contributed by atoms with van der Waals surface area (Å²) in [6.07, 6.45) is 0.285. The number of morpholine rings is 1. The zero-order valence-electron chi connectivity index (χ0n) is 13.5. The Morgan fingerprint density at radius 1 is 1.48 bits per heavy atom. The number of hydrogen-bond donors (Lipinski definition) is 0. The molecule has 0 radical (unpaired) electrons. The summed E-state index contributed by atoms with van der Waals surface area (Å²) in [6, 6.07) is -0.319. The van der Waals surface area contributed by atoms with Crippen molar-refractivity contribution in [2.75, 3.05) is 19.8 Å². The van der Waals surface area contributed by atoms with Gasteiger partial charge in [-0.2, -0.15) is 0 Å². The van der Waals surface area contributed by atoms with Crippen LogP contribution in [0.3, 0.4) is 0 Å². The first-order valence-electron chi connectivity index (χ1n) is 7.66. The minimum absolute atomic E-state index is 0.00904. The molecule has 2 aromatic rings. The normalized spacial score (nSPS) is 18.6. The second-order valence-corrected chi connectivity index (χ2v) is 6.74. The predicted octanol–water partition coefficient (Wildman–Crippen LogP) is 2.10. The molecule has 3 rings (SSSR count). The summed E-state index contributed by atoms with van der Waals surface area (Å²) in [5, 5.41) is 10.9. The summed E-state index contributed by atoms with van der Waals surface area (Å²) < 4.78 is 11.0. The Hall–Kier alpha value is -1.80. The molecule has 7 nitrogen and oxygen atoms in total. The summed E-state index contributed by atoms with van der Waals surface area (Å²) in [4.78, 5) is 19.0. The van der Waals surface area contributed by atoms with Gasteiger partial charge in [-0.3, -0.25) is 4.79 Å². The lowest BCUT2D eigenvalue weighted by atomic mass is 10.2. The molecule has 124 valence electrons. The molecule has 0 N–H and O–H groups in total. The van der Waals surface area contributed by atoms with E-state index in [0.717, 1.165) is 10.7 Å². The Balaban J connectivity index is 1.73. The molecule has 1 amide bonds. The van der Waals surface area contributed by atoms with Crippen LogP contribution >= 0.6 is 11.3 Å². The highest BCUT2D eigenvalue weighted by Crippen LogP contribution is 2.25. The molecule has 0 saturated carbocycles. The van der Waals surface area contributed by atoms with Gasteiger partial charge in [-0.05, 0) is 0 Å². The van der Waals surface area contributed by atoms with E-state index < -0.39 is 0 Å². The number of hydrogen-bond acceptors (Lipinski definition) is 7. The minimum atomic E-state index is -0.319. The van der Waals surface area contributed by atoms with E-state index in [0.29, 0.717) is 37.5 Å². The molecule has 1 fully saturated rings. The fourth-order valence-corrected chi connectivity index (χ4v) is 3.31. The summed E-state index contributed by atoms with van der Waals surface area (Å²) >= 11 is 1.60. The fraction of sp³-hybridized carbons (Fsp3) is 0.600. The van der Waals surface area contributed by atoms with Gasteiger partial charge in [-0.1, -0.05) is 13.8 Å². The topological polar surface area (TPSA) is 81.4 Å². The van der Waals surface area contributed by atoms with Crippen molar-refractivity contribution in [2.45, 2.75) is 39.2 Å². The Morgan fingerprint density at radius 2 is 2.30 bits per heavy atom. The summed E-state index contributed by atoms with van der Waals surface area (Å²) in [7, 11) is 0. The molecular weight excluding hydrogens is 316 g/mol. The SMILES string of the molecule is Cc1nnc([C@@H]2COCCN2C(=O)Cc2csc(C(C)C)n2)o1. The van der Waals surface area contributed by atoms with Gasteiger partial charge in [0.15, 0.2) is 0 Å². The van der Waals surface area contributed by atoms with E-state index in [1.165, 1.54) is 0 Å². The molecule has 1 aliphatic rings. The van der Waals surface area contributed by atoms with E-state index in [1.54, 1.807) is 23.2 Å². The largest absolute Gasteiger partial charge is 0.423 e. The average molecular weight is 336 g/mol. The van der Waals surface area contributed by atoms with E-state index in [-0.39, 0.29) is 18.4 Å². The summed E-state index contributed by atoms with van der Waals surface area (Å²) in [5.74, 6) is 1.30. The minimum Gasteiger partial charge on any atom is -0.423 e. The molecule has 0 unspecified atom stereocenters. The molecule has 1 aliphatic heterocycles. The average Bonchev–Trinajstić information content (AvgIpc) is 3.16. The molecule has 0 aromatic carbocycles. The maximum atomic E-state index is 12.7. The molecule has 0 spiro atoms. The molecule has 3 heterocycles. The highest BCUT2D eigenvalue weighted by molar-refractivity contribution is 7.09. The van der Waals surface area contributed by atoms with Crippen molar-refractivity contribution in [1.29, 1.82) is 0 Å². The highest BCUT2D eigenvalue weighted by Gasteiger charge is 2.32. The number of rotatable bonds is 4. The molecule has 2 aromatic heterocycles. The Bertz CT molecular complexity index is 682. The third-order valence-corrected chi connectivity index (χ3v) is 4.87. The standard InChI is InChI=1S/C15H20N4O3S/c1-9(2)15-16-11(8-23-15)6-13(20)19-4-5-21-7-12(19)14-18-17-10(3)22-14/h8-9,12H,4-7H2,1-3H3/t12-/m0/s1. The van der Waals surface area contributed by atoms with Gasteiger partial charge in [0.1, 0.15) is 6.04 Å². The Morgan fingerprint density at radius 3 is 2.96 bits per heavy atom. The monoisotopic (exact) mass is 336 g/mol. The van der Waals surface area contributed by atoms with Gasteiger partial charge < -0.3 is 14.1 Å². The van der Waals surface area contributed by atoms with E-state index >= 15 is 0 Å². The number of aryl methyl sites for hydroxylation is 1. The second kappa shape index (κ2) is 6.76. The number of carbonyl (C=O) groups is 1. The number of amides is 1. The maximum Gasteiger partial charge on any atom is 0.241 e. The van der Waals surface area contributed by atoms with Crippen LogP contribution in [0.5, 0.6) is 0 Å². The number of carbonyl (C=O) groups excluding carboxylic acids is 1. The number of aromatic nitrogens is 3. The lowest BCUT2D eigenvalue weighted by Gasteiger charge is -2.33. The first-order chi connectivity index (χ1) is 11.0. The van der Waals surface area contributed by atoms with Crippen LogP contribution in [0, 0.1) is 6.92 Å². The van der Waals surface area contributed by atoms with Crippen LogP contribution in [0.2, 0.25) is 0 Å². The number of nitrogens with zero attached hydrogens (tertiary/aromatic N) is 4. The highest BCUT2D eigenvalue weighted by atomic mass is 32.1. The van der Waals surface area contributed by atoms with Crippen molar-refractivity contribution >= 4 is 17.2 Å². The summed E-state index contributed by atoms with van der Waals surface area (Å²) in [5.41, 5.74) is 0.815. The van der Waals surface area contributed by atoms with Crippen LogP contribution in [0.25, 0.3) is 0 Å². The van der Waals surface area contributed by atoms with Crippen molar-refractivity contribution in [3.8, 4) is 0 Å². The first kappa shape index (κ1) is 16.1. The van der Waals surface area contributed by atoms with Gasteiger partial charge >= 0.3 is 0 Å². The van der Waals surface area contributed by atoms with Crippen LogP contribution in [-0.4, -0.2) is 45.7 Å². The van der Waals surface area contributed by atoms with E-state index in [1.807, 2.05) is 5.38 Å². The maximum absolute atomic E-state index is 12.7. The molecule has 1 atom stereocenters. The van der Waals surface area contributed by atoms with Gasteiger partial charge in [-0.25, -0.2) is 4.98 Å². The van der Waals surface area contributed by atoms with Crippen molar-refractivity contribution in [3.63, 3.8) is 0 Å². The molecule has 1 saturated heterocycles. The Labute approximate surface area is 138 Å². The van der Waals surface area contributed by atoms with Crippen LogP contribution < -0.4 is 0 Å². The van der Waals surface area contributed by atoms with E-state index in [2.05, 4.69) is 29.0 Å². The van der Waals surface area contributed by atoms with Crippen molar-refractivity contribution in [3.05, 3.63) is 27.9 Å². The molecular formula is C15H20N4O3S.